The fraction of sp³-hybridized carbons (Fsp3) is 0.500. The van der Waals surface area contributed by atoms with Crippen LogP contribution in [0.5, 0.6) is 0 Å². The van der Waals surface area contributed by atoms with Gasteiger partial charge in [-0.25, -0.2) is 13.1 Å². The Morgan fingerprint density at radius 1 is 1.05 bits per heavy atom. The minimum Gasteiger partial charge on any atom is -0.270 e. The summed E-state index contributed by atoms with van der Waals surface area (Å²) in [5.41, 5.74) is 0.988. The van der Waals surface area contributed by atoms with Crippen LogP contribution in [0.2, 0.25) is 0 Å². The van der Waals surface area contributed by atoms with E-state index in [1.165, 1.54) is 0 Å². The molecule has 0 aliphatic rings. The van der Waals surface area contributed by atoms with E-state index in [1.54, 1.807) is 24.3 Å². The van der Waals surface area contributed by atoms with Crippen LogP contribution < -0.4 is 4.72 Å². The van der Waals surface area contributed by atoms with Gasteiger partial charge >= 0.3 is 0 Å². The van der Waals surface area contributed by atoms with Gasteiger partial charge in [-0.15, -0.1) is 0 Å². The highest BCUT2D eigenvalue weighted by atomic mass is 32.2. The molecule has 6 nitrogen and oxygen atoms in total. The molecule has 1 aromatic carbocycles. The topological polar surface area (TPSA) is 89.5 Å². The summed E-state index contributed by atoms with van der Waals surface area (Å²) in [5.74, 6) is 0. The van der Waals surface area contributed by atoms with Gasteiger partial charge in [0.1, 0.15) is 0 Å². The van der Waals surface area contributed by atoms with Crippen LogP contribution in [-0.4, -0.2) is 36.2 Å². The van der Waals surface area contributed by atoms with Crippen LogP contribution in [0.1, 0.15) is 18.4 Å². The molecule has 0 fully saturated rings. The predicted octanol–water partition coefficient (Wildman–Crippen LogP) is 1.03. The lowest BCUT2D eigenvalue weighted by atomic mass is 10.2. The molecule has 0 aliphatic carbocycles. The quantitative estimate of drug-likeness (QED) is 0.570. The fourth-order valence-electron chi connectivity index (χ4n) is 1.44. The Balaban J connectivity index is 2.36. The summed E-state index contributed by atoms with van der Waals surface area (Å²) in [6, 6.07) is 6.55. The van der Waals surface area contributed by atoms with Crippen LogP contribution in [0.15, 0.2) is 29.2 Å². The highest BCUT2D eigenvalue weighted by Gasteiger charge is 2.12. The third kappa shape index (κ3) is 6.47. The van der Waals surface area contributed by atoms with Gasteiger partial charge in [0, 0.05) is 6.54 Å². The van der Waals surface area contributed by atoms with Crippen molar-refractivity contribution < 1.29 is 21.0 Å². The maximum atomic E-state index is 11.9. The summed E-state index contributed by atoms with van der Waals surface area (Å²) < 4.78 is 52.2. The van der Waals surface area contributed by atoms with Crippen molar-refractivity contribution in [3.63, 3.8) is 0 Å². The zero-order valence-corrected chi connectivity index (χ0v) is 13.1. The number of sulfonamides is 1. The van der Waals surface area contributed by atoms with E-state index in [0.717, 1.165) is 11.8 Å². The lowest BCUT2D eigenvalue weighted by Gasteiger charge is -2.07. The third-order valence-electron chi connectivity index (χ3n) is 2.49. The summed E-state index contributed by atoms with van der Waals surface area (Å²) in [5, 5.41) is 0. The maximum Gasteiger partial charge on any atom is 0.264 e. The largest absolute Gasteiger partial charge is 0.270 e. The van der Waals surface area contributed by atoms with Crippen molar-refractivity contribution in [1.82, 2.24) is 4.72 Å². The predicted molar refractivity (Wildman–Crippen MR) is 76.4 cm³/mol. The Bertz CT molecular complexity index is 620. The number of hydrogen-bond donors (Lipinski definition) is 1. The van der Waals surface area contributed by atoms with Gasteiger partial charge in [0.2, 0.25) is 10.0 Å². The standard InChI is InChI=1S/C12H19NO5S2/c1-11-5-7-12(8-6-11)20(16,17)13-9-3-4-10-18-19(2,14)15/h5-8,13H,3-4,9-10H2,1-2H3. The van der Waals surface area contributed by atoms with Crippen molar-refractivity contribution >= 4 is 20.1 Å². The lowest BCUT2D eigenvalue weighted by molar-refractivity contribution is 0.312. The van der Waals surface area contributed by atoms with Crippen LogP contribution >= 0.6 is 0 Å². The highest BCUT2D eigenvalue weighted by Crippen LogP contribution is 2.09. The molecule has 0 amide bonds. The molecule has 0 spiro atoms. The molecule has 0 atom stereocenters. The summed E-state index contributed by atoms with van der Waals surface area (Å²) in [6.45, 7) is 2.18. The summed E-state index contributed by atoms with van der Waals surface area (Å²) >= 11 is 0. The molecular weight excluding hydrogens is 302 g/mol. The Kier molecular flexibility index (Phi) is 6.12. The van der Waals surface area contributed by atoms with E-state index >= 15 is 0 Å². The Morgan fingerprint density at radius 3 is 2.20 bits per heavy atom. The molecular formula is C12H19NO5S2. The molecule has 0 bridgehead atoms. The lowest BCUT2D eigenvalue weighted by Crippen LogP contribution is -2.25. The molecule has 0 saturated heterocycles. The van der Waals surface area contributed by atoms with Crippen molar-refractivity contribution in [2.45, 2.75) is 24.7 Å². The molecule has 8 heteroatoms. The minimum absolute atomic E-state index is 0.0606. The fourth-order valence-corrected chi connectivity index (χ4v) is 2.94. The van der Waals surface area contributed by atoms with Gasteiger partial charge in [-0.1, -0.05) is 17.7 Å². The monoisotopic (exact) mass is 321 g/mol. The zero-order chi connectivity index (χ0) is 15.2. The molecule has 0 aromatic heterocycles. The first kappa shape index (κ1) is 17.1. The van der Waals surface area contributed by atoms with Crippen molar-refractivity contribution in [3.8, 4) is 0 Å². The maximum absolute atomic E-state index is 11.9. The van der Waals surface area contributed by atoms with Crippen LogP contribution in [-0.2, 0) is 24.3 Å². The molecule has 1 N–H and O–H groups in total. The van der Waals surface area contributed by atoms with E-state index in [1.807, 2.05) is 6.92 Å². The number of rotatable bonds is 8. The Hall–Kier alpha value is -0.960. The van der Waals surface area contributed by atoms with E-state index in [9.17, 15) is 16.8 Å². The average molecular weight is 321 g/mol. The van der Waals surface area contributed by atoms with Gasteiger partial charge < -0.3 is 0 Å². The molecule has 0 aliphatic heterocycles. The first-order chi connectivity index (χ1) is 9.21. The third-order valence-corrected chi connectivity index (χ3v) is 4.56. The second kappa shape index (κ2) is 7.16. The van der Waals surface area contributed by atoms with E-state index < -0.39 is 20.1 Å². The second-order valence-corrected chi connectivity index (χ2v) is 7.85. The molecule has 20 heavy (non-hydrogen) atoms. The Morgan fingerprint density at radius 2 is 1.65 bits per heavy atom. The van der Waals surface area contributed by atoms with Crippen molar-refractivity contribution in [1.29, 1.82) is 0 Å². The van der Waals surface area contributed by atoms with Crippen molar-refractivity contribution in [2.75, 3.05) is 19.4 Å². The van der Waals surface area contributed by atoms with E-state index in [2.05, 4.69) is 8.91 Å². The number of unbranched alkanes of at least 4 members (excludes halogenated alkanes) is 1. The van der Waals surface area contributed by atoms with Gasteiger partial charge in [-0.05, 0) is 31.9 Å². The van der Waals surface area contributed by atoms with E-state index in [4.69, 9.17) is 0 Å². The second-order valence-electron chi connectivity index (χ2n) is 4.44. The first-order valence-electron chi connectivity index (χ1n) is 6.11. The van der Waals surface area contributed by atoms with E-state index in [-0.39, 0.29) is 18.0 Å². The van der Waals surface area contributed by atoms with Gasteiger partial charge in [-0.2, -0.15) is 8.42 Å². The molecule has 0 radical (unpaired) electrons. The molecule has 0 unspecified atom stereocenters. The van der Waals surface area contributed by atoms with Crippen LogP contribution in [0.25, 0.3) is 0 Å². The minimum atomic E-state index is -3.50. The number of aryl methyl sites for hydroxylation is 1. The van der Waals surface area contributed by atoms with Gasteiger partial charge in [0.25, 0.3) is 10.1 Å². The van der Waals surface area contributed by atoms with Gasteiger partial charge in [0.05, 0.1) is 17.8 Å². The number of hydrogen-bond acceptors (Lipinski definition) is 5. The van der Waals surface area contributed by atoms with Crippen molar-refractivity contribution in [3.05, 3.63) is 29.8 Å². The van der Waals surface area contributed by atoms with Crippen LogP contribution in [0, 0.1) is 6.92 Å². The molecule has 1 rings (SSSR count). The number of benzene rings is 1. The summed E-state index contributed by atoms with van der Waals surface area (Å²) in [7, 11) is -6.93. The molecule has 0 heterocycles. The summed E-state index contributed by atoms with van der Waals surface area (Å²) in [6.07, 6.45) is 1.94. The summed E-state index contributed by atoms with van der Waals surface area (Å²) in [4.78, 5) is 0.218. The normalized spacial score (nSPS) is 12.5. The first-order valence-corrected chi connectivity index (χ1v) is 9.41. The van der Waals surface area contributed by atoms with Gasteiger partial charge in [-0.3, -0.25) is 4.18 Å². The molecule has 0 saturated carbocycles. The zero-order valence-electron chi connectivity index (χ0n) is 11.5. The van der Waals surface area contributed by atoms with E-state index in [0.29, 0.717) is 12.8 Å². The van der Waals surface area contributed by atoms with Crippen molar-refractivity contribution in [2.24, 2.45) is 0 Å². The highest BCUT2D eigenvalue weighted by molar-refractivity contribution is 7.89. The van der Waals surface area contributed by atoms with Gasteiger partial charge in [0.15, 0.2) is 0 Å². The number of nitrogens with one attached hydrogen (secondary N) is 1. The smallest absolute Gasteiger partial charge is 0.264 e. The SMILES string of the molecule is Cc1ccc(S(=O)(=O)NCCCCOS(C)(=O)=O)cc1. The average Bonchev–Trinajstić information content (AvgIpc) is 2.33. The van der Waals surface area contributed by atoms with Crippen LogP contribution in [0.3, 0.4) is 0 Å². The molecule has 114 valence electrons. The van der Waals surface area contributed by atoms with Crippen LogP contribution in [0.4, 0.5) is 0 Å². The molecule has 1 aromatic rings. The Labute approximate surface area is 120 Å².